The number of aryl methyl sites for hydroxylation is 1. The van der Waals surface area contributed by atoms with Crippen molar-refractivity contribution in [2.45, 2.75) is 58.9 Å². The van der Waals surface area contributed by atoms with Crippen LogP contribution in [0.3, 0.4) is 0 Å². The lowest BCUT2D eigenvalue weighted by atomic mass is 9.57. The molecule has 1 aliphatic carbocycles. The van der Waals surface area contributed by atoms with Crippen molar-refractivity contribution in [1.29, 1.82) is 0 Å². The van der Waals surface area contributed by atoms with Crippen molar-refractivity contribution in [3.8, 4) is 0 Å². The summed E-state index contributed by atoms with van der Waals surface area (Å²) in [4.78, 5) is 11.6. The molecule has 1 saturated carbocycles. The first-order valence-corrected chi connectivity index (χ1v) is 8.20. The average Bonchev–Trinajstić information content (AvgIpc) is 2.92. The van der Waals surface area contributed by atoms with Gasteiger partial charge in [0.05, 0.1) is 5.69 Å². The molecule has 0 saturated heterocycles. The highest BCUT2D eigenvalue weighted by Gasteiger charge is 2.48. The van der Waals surface area contributed by atoms with Gasteiger partial charge in [-0.2, -0.15) is 0 Å². The van der Waals surface area contributed by atoms with Crippen LogP contribution in [0.4, 0.5) is 0 Å². The Hall–Kier alpha value is -1.36. The third-order valence-electron chi connectivity index (χ3n) is 4.92. The number of carbonyl (C=O) groups excluding carboxylic acids is 1. The van der Waals surface area contributed by atoms with Gasteiger partial charge < -0.3 is 14.6 Å². The van der Waals surface area contributed by atoms with E-state index in [0.717, 1.165) is 43.6 Å². The third-order valence-corrected chi connectivity index (χ3v) is 4.92. The van der Waals surface area contributed by atoms with Gasteiger partial charge in [-0.25, -0.2) is 0 Å². The predicted octanol–water partition coefficient (Wildman–Crippen LogP) is 2.74. The average molecular weight is 308 g/mol. The van der Waals surface area contributed by atoms with Crippen molar-refractivity contribution >= 4 is 5.91 Å². The lowest BCUT2D eigenvalue weighted by molar-refractivity contribution is -0.129. The largest absolute Gasteiger partial charge is 0.375 e. The summed E-state index contributed by atoms with van der Waals surface area (Å²) in [6.45, 7) is 6.71. The SMILES string of the molecule is CCCCc1cc(CC2CC(NC(=O)COC)C2(C)C)no1. The molecule has 2 rings (SSSR count). The Morgan fingerprint density at radius 2 is 2.32 bits per heavy atom. The minimum Gasteiger partial charge on any atom is -0.375 e. The van der Waals surface area contributed by atoms with Crippen molar-refractivity contribution in [2.75, 3.05) is 13.7 Å². The fourth-order valence-electron chi connectivity index (χ4n) is 3.15. The molecule has 5 heteroatoms. The summed E-state index contributed by atoms with van der Waals surface area (Å²) in [5, 5.41) is 7.24. The number of aromatic nitrogens is 1. The van der Waals surface area contributed by atoms with Crippen LogP contribution >= 0.6 is 0 Å². The summed E-state index contributed by atoms with van der Waals surface area (Å²) in [5.41, 5.74) is 1.11. The highest BCUT2D eigenvalue weighted by atomic mass is 16.5. The summed E-state index contributed by atoms with van der Waals surface area (Å²) in [7, 11) is 1.54. The van der Waals surface area contributed by atoms with Gasteiger partial charge in [0.25, 0.3) is 0 Å². The number of nitrogens with one attached hydrogen (secondary N) is 1. The second-order valence-electron chi connectivity index (χ2n) is 6.90. The first kappa shape index (κ1) is 17.0. The van der Waals surface area contributed by atoms with Crippen molar-refractivity contribution in [3.63, 3.8) is 0 Å². The second-order valence-corrected chi connectivity index (χ2v) is 6.90. The lowest BCUT2D eigenvalue weighted by Crippen LogP contribution is -2.59. The molecule has 1 N–H and O–H groups in total. The number of carbonyl (C=O) groups is 1. The first-order valence-electron chi connectivity index (χ1n) is 8.20. The zero-order chi connectivity index (χ0) is 16.2. The molecule has 1 aromatic rings. The topological polar surface area (TPSA) is 64.4 Å². The molecule has 0 aromatic carbocycles. The van der Waals surface area contributed by atoms with Crippen molar-refractivity contribution in [3.05, 3.63) is 17.5 Å². The standard InChI is InChI=1S/C17H28N2O3/c1-5-6-7-14-10-13(19-22-14)8-12-9-15(17(12,2)3)18-16(20)11-21-4/h10,12,15H,5-9,11H2,1-4H3,(H,18,20). The van der Waals surface area contributed by atoms with E-state index in [2.05, 4.69) is 37.3 Å². The molecule has 124 valence electrons. The molecule has 1 fully saturated rings. The lowest BCUT2D eigenvalue weighted by Gasteiger charge is -2.52. The zero-order valence-electron chi connectivity index (χ0n) is 14.1. The Bertz CT molecular complexity index is 496. The highest BCUT2D eigenvalue weighted by Crippen LogP contribution is 2.47. The van der Waals surface area contributed by atoms with Gasteiger partial charge in [0.2, 0.25) is 5.91 Å². The molecule has 0 radical (unpaired) electrons. The minimum atomic E-state index is -0.0395. The first-order chi connectivity index (χ1) is 10.5. The molecule has 1 heterocycles. The molecule has 2 atom stereocenters. The van der Waals surface area contributed by atoms with Crippen LogP contribution in [0.2, 0.25) is 0 Å². The molecule has 1 aromatic heterocycles. The Kier molecular flexibility index (Phi) is 5.62. The van der Waals surface area contributed by atoms with Crippen LogP contribution < -0.4 is 5.32 Å². The Morgan fingerprint density at radius 1 is 1.55 bits per heavy atom. The predicted molar refractivity (Wildman–Crippen MR) is 84.5 cm³/mol. The van der Waals surface area contributed by atoms with E-state index in [1.807, 2.05) is 0 Å². The third kappa shape index (κ3) is 3.88. The van der Waals surface area contributed by atoms with Gasteiger partial charge in [-0.05, 0) is 30.6 Å². The molecular formula is C17H28N2O3. The Balaban J connectivity index is 1.84. The van der Waals surface area contributed by atoms with Crippen LogP contribution in [0, 0.1) is 11.3 Å². The van der Waals surface area contributed by atoms with E-state index in [9.17, 15) is 4.79 Å². The Labute approximate surface area is 132 Å². The molecule has 0 bridgehead atoms. The number of methoxy groups -OCH3 is 1. The van der Waals surface area contributed by atoms with E-state index in [1.54, 1.807) is 0 Å². The summed E-state index contributed by atoms with van der Waals surface area (Å²) >= 11 is 0. The highest BCUT2D eigenvalue weighted by molar-refractivity contribution is 5.77. The number of unbranched alkanes of at least 4 members (excludes halogenated alkanes) is 1. The maximum atomic E-state index is 11.6. The fourth-order valence-corrected chi connectivity index (χ4v) is 3.15. The Morgan fingerprint density at radius 3 is 2.95 bits per heavy atom. The molecule has 0 aliphatic heterocycles. The number of amides is 1. The molecule has 1 amide bonds. The fraction of sp³-hybridized carbons (Fsp3) is 0.765. The number of nitrogens with zero attached hydrogens (tertiary/aromatic N) is 1. The van der Waals surface area contributed by atoms with Crippen LogP contribution in [0.1, 0.15) is 51.5 Å². The van der Waals surface area contributed by atoms with Crippen molar-refractivity contribution in [1.82, 2.24) is 10.5 Å². The van der Waals surface area contributed by atoms with E-state index < -0.39 is 0 Å². The zero-order valence-corrected chi connectivity index (χ0v) is 14.1. The van der Waals surface area contributed by atoms with Crippen LogP contribution in [0.25, 0.3) is 0 Å². The summed E-state index contributed by atoms with van der Waals surface area (Å²) in [5.74, 6) is 1.46. The summed E-state index contributed by atoms with van der Waals surface area (Å²) in [6.07, 6.45) is 5.16. The molecule has 0 spiro atoms. The number of hydrogen-bond acceptors (Lipinski definition) is 4. The molecule has 5 nitrogen and oxygen atoms in total. The number of rotatable bonds is 8. The van der Waals surface area contributed by atoms with E-state index in [-0.39, 0.29) is 24.0 Å². The quantitative estimate of drug-likeness (QED) is 0.802. The van der Waals surface area contributed by atoms with E-state index in [1.165, 1.54) is 7.11 Å². The molecular weight excluding hydrogens is 280 g/mol. The van der Waals surface area contributed by atoms with E-state index in [4.69, 9.17) is 9.26 Å². The van der Waals surface area contributed by atoms with Crippen LogP contribution in [-0.4, -0.2) is 30.8 Å². The van der Waals surface area contributed by atoms with Gasteiger partial charge >= 0.3 is 0 Å². The van der Waals surface area contributed by atoms with Crippen molar-refractivity contribution < 1.29 is 14.1 Å². The maximum Gasteiger partial charge on any atom is 0.246 e. The second kappa shape index (κ2) is 7.27. The number of hydrogen-bond donors (Lipinski definition) is 1. The van der Waals surface area contributed by atoms with Gasteiger partial charge in [0.15, 0.2) is 0 Å². The summed E-state index contributed by atoms with van der Waals surface area (Å²) < 4.78 is 10.3. The van der Waals surface area contributed by atoms with Gasteiger partial charge in [-0.3, -0.25) is 4.79 Å². The van der Waals surface area contributed by atoms with E-state index in [0.29, 0.717) is 5.92 Å². The smallest absolute Gasteiger partial charge is 0.246 e. The summed E-state index contributed by atoms with van der Waals surface area (Å²) in [6, 6.07) is 2.30. The van der Waals surface area contributed by atoms with E-state index >= 15 is 0 Å². The van der Waals surface area contributed by atoms with Gasteiger partial charge in [-0.15, -0.1) is 0 Å². The van der Waals surface area contributed by atoms with Crippen LogP contribution in [0.5, 0.6) is 0 Å². The van der Waals surface area contributed by atoms with Gasteiger partial charge in [-0.1, -0.05) is 32.3 Å². The van der Waals surface area contributed by atoms with Crippen LogP contribution in [0.15, 0.2) is 10.6 Å². The number of ether oxygens (including phenoxy) is 1. The normalized spacial score (nSPS) is 23.1. The minimum absolute atomic E-state index is 0.0395. The molecule has 1 aliphatic rings. The monoisotopic (exact) mass is 308 g/mol. The van der Waals surface area contributed by atoms with Crippen LogP contribution in [-0.2, 0) is 22.4 Å². The molecule has 22 heavy (non-hydrogen) atoms. The van der Waals surface area contributed by atoms with Gasteiger partial charge in [0, 0.05) is 25.6 Å². The maximum absolute atomic E-state index is 11.6. The van der Waals surface area contributed by atoms with Crippen molar-refractivity contribution in [2.24, 2.45) is 11.3 Å². The molecule has 2 unspecified atom stereocenters. The van der Waals surface area contributed by atoms with Gasteiger partial charge in [0.1, 0.15) is 12.4 Å².